The van der Waals surface area contributed by atoms with Crippen molar-refractivity contribution in [1.82, 2.24) is 15.2 Å². The van der Waals surface area contributed by atoms with Crippen LogP contribution in [0.25, 0.3) is 0 Å². The van der Waals surface area contributed by atoms with Crippen LogP contribution in [0, 0.1) is 29.8 Å². The van der Waals surface area contributed by atoms with Crippen molar-refractivity contribution in [3.8, 4) is 11.5 Å². The first kappa shape index (κ1) is 25.6. The van der Waals surface area contributed by atoms with Gasteiger partial charge in [0.25, 0.3) is 5.91 Å². The molecule has 1 heterocycles. The van der Waals surface area contributed by atoms with E-state index >= 15 is 0 Å². The number of benzene rings is 2. The highest BCUT2D eigenvalue weighted by molar-refractivity contribution is 6.31. The standard InChI is InChI=1S/C23H23ClFN5O5/c1-13(26-27-22(31)11-29-15(3)23(30(32)33)14(2)28-29)16-8-9-20(21(10-16)34-4)35-12-17-18(24)6-5-7-19(17)25/h5-10H,11-12H2,1-4H3,(H,27,31)/b26-13+. The highest BCUT2D eigenvalue weighted by Crippen LogP contribution is 2.30. The summed E-state index contributed by atoms with van der Waals surface area (Å²) in [6.45, 7) is 4.40. The molecule has 2 aromatic carbocycles. The number of carbonyl (C=O) groups is 1. The van der Waals surface area contributed by atoms with Crippen molar-refractivity contribution < 1.29 is 23.6 Å². The Labute approximate surface area is 205 Å². The largest absolute Gasteiger partial charge is 0.493 e. The lowest BCUT2D eigenvalue weighted by atomic mass is 10.1. The molecular formula is C23H23ClFN5O5. The molecule has 0 aliphatic rings. The lowest BCUT2D eigenvalue weighted by molar-refractivity contribution is -0.386. The number of nitrogens with one attached hydrogen (secondary N) is 1. The number of nitro groups is 1. The van der Waals surface area contributed by atoms with E-state index in [0.717, 1.165) is 0 Å². The zero-order valence-electron chi connectivity index (χ0n) is 19.5. The lowest BCUT2D eigenvalue weighted by Gasteiger charge is -2.13. The second-order valence-electron chi connectivity index (χ2n) is 7.52. The third kappa shape index (κ3) is 5.93. The number of carbonyl (C=O) groups excluding carboxylic acids is 1. The molecule has 0 fully saturated rings. The third-order valence-electron chi connectivity index (χ3n) is 5.18. The molecule has 0 aliphatic carbocycles. The number of aromatic nitrogens is 2. The van der Waals surface area contributed by atoms with E-state index in [1.165, 1.54) is 37.8 Å². The number of rotatable bonds is 9. The number of aryl methyl sites for hydroxylation is 1. The average Bonchev–Trinajstić information content (AvgIpc) is 3.09. The summed E-state index contributed by atoms with van der Waals surface area (Å²) in [6.07, 6.45) is 0. The monoisotopic (exact) mass is 503 g/mol. The maximum Gasteiger partial charge on any atom is 0.312 e. The van der Waals surface area contributed by atoms with Gasteiger partial charge in [0.15, 0.2) is 11.5 Å². The van der Waals surface area contributed by atoms with Gasteiger partial charge < -0.3 is 9.47 Å². The third-order valence-corrected chi connectivity index (χ3v) is 5.54. The molecule has 1 amide bonds. The molecule has 35 heavy (non-hydrogen) atoms. The van der Waals surface area contributed by atoms with Gasteiger partial charge in [0.2, 0.25) is 0 Å². The highest BCUT2D eigenvalue weighted by Gasteiger charge is 2.22. The van der Waals surface area contributed by atoms with Gasteiger partial charge in [-0.2, -0.15) is 10.2 Å². The summed E-state index contributed by atoms with van der Waals surface area (Å²) in [7, 11) is 1.46. The SMILES string of the molecule is COc1cc(/C(C)=N/NC(=O)Cn2nc(C)c([N+](=O)[O-])c2C)ccc1OCc1c(F)cccc1Cl. The van der Waals surface area contributed by atoms with E-state index in [2.05, 4.69) is 15.6 Å². The van der Waals surface area contributed by atoms with Gasteiger partial charge in [0.1, 0.15) is 30.4 Å². The summed E-state index contributed by atoms with van der Waals surface area (Å²) in [4.78, 5) is 22.9. The molecule has 3 rings (SSSR count). The van der Waals surface area contributed by atoms with Gasteiger partial charge in [-0.1, -0.05) is 17.7 Å². The lowest BCUT2D eigenvalue weighted by Crippen LogP contribution is -2.25. The molecule has 184 valence electrons. The Morgan fingerprint density at radius 3 is 2.66 bits per heavy atom. The number of hydrogen-bond acceptors (Lipinski definition) is 7. The minimum absolute atomic E-state index is 0.0885. The number of methoxy groups -OCH3 is 1. The Bertz CT molecular complexity index is 1290. The molecule has 1 N–H and O–H groups in total. The number of hydrogen-bond donors (Lipinski definition) is 1. The van der Waals surface area contributed by atoms with Gasteiger partial charge in [-0.15, -0.1) is 0 Å². The predicted octanol–water partition coefficient (Wildman–Crippen LogP) is 4.33. The van der Waals surface area contributed by atoms with Crippen molar-refractivity contribution in [2.24, 2.45) is 5.10 Å². The van der Waals surface area contributed by atoms with Crippen LogP contribution in [0.2, 0.25) is 5.02 Å². The van der Waals surface area contributed by atoms with Crippen molar-refractivity contribution in [3.05, 3.63) is 79.9 Å². The van der Waals surface area contributed by atoms with E-state index in [1.807, 2.05) is 0 Å². The summed E-state index contributed by atoms with van der Waals surface area (Å²) in [6, 6.07) is 9.39. The predicted molar refractivity (Wildman–Crippen MR) is 127 cm³/mol. The summed E-state index contributed by atoms with van der Waals surface area (Å²) in [5.74, 6) is -0.218. The smallest absolute Gasteiger partial charge is 0.312 e. The van der Waals surface area contributed by atoms with Crippen LogP contribution in [-0.4, -0.2) is 33.4 Å². The summed E-state index contributed by atoms with van der Waals surface area (Å²) >= 11 is 6.04. The Kier molecular flexibility index (Phi) is 8.02. The van der Waals surface area contributed by atoms with Gasteiger partial charge in [-0.25, -0.2) is 9.82 Å². The van der Waals surface area contributed by atoms with Gasteiger partial charge in [-0.3, -0.25) is 19.6 Å². The quantitative estimate of drug-likeness (QED) is 0.263. The van der Waals surface area contributed by atoms with E-state index in [0.29, 0.717) is 22.8 Å². The molecule has 12 heteroatoms. The van der Waals surface area contributed by atoms with Crippen LogP contribution in [-0.2, 0) is 17.9 Å². The average molecular weight is 504 g/mol. The molecule has 0 bridgehead atoms. The minimum atomic E-state index is -0.528. The second-order valence-corrected chi connectivity index (χ2v) is 7.93. The molecule has 0 radical (unpaired) electrons. The van der Waals surface area contributed by atoms with Crippen molar-refractivity contribution in [2.75, 3.05) is 7.11 Å². The summed E-state index contributed by atoms with van der Waals surface area (Å²) in [5, 5.41) is 19.5. The fourth-order valence-electron chi connectivity index (χ4n) is 3.32. The fraction of sp³-hybridized carbons (Fsp3) is 0.261. The van der Waals surface area contributed by atoms with Crippen molar-refractivity contribution >= 4 is 28.9 Å². The first-order valence-corrected chi connectivity index (χ1v) is 10.8. The van der Waals surface area contributed by atoms with E-state index in [9.17, 15) is 19.3 Å². The van der Waals surface area contributed by atoms with E-state index in [4.69, 9.17) is 21.1 Å². The van der Waals surface area contributed by atoms with E-state index in [1.54, 1.807) is 31.2 Å². The molecule has 0 saturated carbocycles. The maximum absolute atomic E-state index is 14.0. The molecule has 0 atom stereocenters. The maximum atomic E-state index is 14.0. The summed E-state index contributed by atoms with van der Waals surface area (Å²) in [5.41, 5.74) is 4.14. The Hall–Kier alpha value is -3.99. The van der Waals surface area contributed by atoms with E-state index < -0.39 is 16.6 Å². The molecule has 0 saturated heterocycles. The molecule has 0 aliphatic heterocycles. The Morgan fingerprint density at radius 2 is 2.03 bits per heavy atom. The number of hydrazone groups is 1. The van der Waals surface area contributed by atoms with Crippen LogP contribution in [0.1, 0.15) is 29.4 Å². The first-order valence-electron chi connectivity index (χ1n) is 10.4. The Balaban J connectivity index is 1.68. The van der Waals surface area contributed by atoms with Crippen LogP contribution in [0.3, 0.4) is 0 Å². The van der Waals surface area contributed by atoms with Crippen molar-refractivity contribution in [1.29, 1.82) is 0 Å². The fourth-order valence-corrected chi connectivity index (χ4v) is 3.54. The van der Waals surface area contributed by atoms with Crippen LogP contribution < -0.4 is 14.9 Å². The van der Waals surface area contributed by atoms with Crippen LogP contribution in [0.5, 0.6) is 11.5 Å². The first-order chi connectivity index (χ1) is 16.6. The molecule has 10 nitrogen and oxygen atoms in total. The van der Waals surface area contributed by atoms with Crippen LogP contribution in [0.4, 0.5) is 10.1 Å². The normalized spacial score (nSPS) is 11.3. The van der Waals surface area contributed by atoms with Gasteiger partial charge in [-0.05, 0) is 51.1 Å². The zero-order chi connectivity index (χ0) is 25.7. The van der Waals surface area contributed by atoms with Gasteiger partial charge in [0.05, 0.1) is 22.8 Å². The number of amides is 1. The second kappa shape index (κ2) is 11.0. The number of halogens is 2. The molecule has 1 aromatic heterocycles. The number of ether oxygens (including phenoxy) is 2. The Morgan fingerprint density at radius 1 is 1.29 bits per heavy atom. The molecule has 0 spiro atoms. The van der Waals surface area contributed by atoms with Crippen molar-refractivity contribution in [2.45, 2.75) is 33.9 Å². The van der Waals surface area contributed by atoms with Crippen molar-refractivity contribution in [3.63, 3.8) is 0 Å². The molecule has 3 aromatic rings. The van der Waals surface area contributed by atoms with Gasteiger partial charge in [0, 0.05) is 11.1 Å². The molecule has 0 unspecified atom stereocenters. The van der Waals surface area contributed by atoms with Gasteiger partial charge >= 0.3 is 5.69 Å². The zero-order valence-corrected chi connectivity index (χ0v) is 20.2. The van der Waals surface area contributed by atoms with Crippen LogP contribution in [0.15, 0.2) is 41.5 Å². The molecular weight excluding hydrogens is 481 g/mol. The van der Waals surface area contributed by atoms with Crippen LogP contribution >= 0.6 is 11.6 Å². The topological polar surface area (TPSA) is 121 Å². The van der Waals surface area contributed by atoms with E-state index in [-0.39, 0.29) is 40.8 Å². The summed E-state index contributed by atoms with van der Waals surface area (Å²) < 4.78 is 26.3. The minimum Gasteiger partial charge on any atom is -0.493 e. The highest BCUT2D eigenvalue weighted by atomic mass is 35.5. The number of nitrogens with zero attached hydrogens (tertiary/aromatic N) is 4.